The van der Waals surface area contributed by atoms with Crippen molar-refractivity contribution in [3.8, 4) is 11.5 Å². The number of carbonyl (C=O) groups is 1. The average molecular weight is 473 g/mol. The summed E-state index contributed by atoms with van der Waals surface area (Å²) in [6.45, 7) is 1.50. The summed E-state index contributed by atoms with van der Waals surface area (Å²) in [6, 6.07) is 2.46. The van der Waals surface area contributed by atoms with Gasteiger partial charge in [-0.2, -0.15) is 21.6 Å². The zero-order chi connectivity index (χ0) is 22.7. The Morgan fingerprint density at radius 1 is 1.25 bits per heavy atom. The van der Waals surface area contributed by atoms with Crippen LogP contribution in [0.4, 0.5) is 13.2 Å². The minimum Gasteiger partial charge on any atom is -0.477 e. The van der Waals surface area contributed by atoms with Crippen LogP contribution in [0.2, 0.25) is 0 Å². The third-order valence-electron chi connectivity index (χ3n) is 8.03. The number of likely N-dealkylation sites (tertiary alicyclic amines) is 1. The number of alkyl halides is 3. The minimum atomic E-state index is -5.92. The van der Waals surface area contributed by atoms with Crippen molar-refractivity contribution in [2.45, 2.75) is 67.2 Å². The van der Waals surface area contributed by atoms with Crippen molar-refractivity contribution in [1.82, 2.24) is 4.90 Å². The number of benzene rings is 1. The molecule has 1 aromatic carbocycles. The number of hydrogen-bond acceptors (Lipinski definition) is 7. The molecule has 1 saturated heterocycles. The summed E-state index contributed by atoms with van der Waals surface area (Å²) in [5, 5.41) is 12.1. The second-order valence-corrected chi connectivity index (χ2v) is 11.2. The van der Waals surface area contributed by atoms with Gasteiger partial charge in [-0.3, -0.25) is 9.69 Å². The van der Waals surface area contributed by atoms with E-state index in [2.05, 4.69) is 9.08 Å². The Kier molecular flexibility index (Phi) is 4.00. The summed E-state index contributed by atoms with van der Waals surface area (Å²) in [4.78, 5) is 15.2. The molecule has 5 aliphatic rings. The molecule has 2 heterocycles. The molecule has 32 heavy (non-hydrogen) atoms. The van der Waals surface area contributed by atoms with Gasteiger partial charge < -0.3 is 14.0 Å². The lowest BCUT2D eigenvalue weighted by atomic mass is 9.49. The standard InChI is InChI=1S/C21H22F3NO6S/c22-21(23,24)32(28,29)31-14-4-3-12-9-15-20(27)6-5-13(26)18-19(20,16(12)17(14)30-18)7-8-25(15)10-11-1-2-11/h3-4,11,15,18,27H,1-2,5-10H2/t15-,18?,19+,20-/m1/s1. The Bertz CT molecular complexity index is 1130. The maximum atomic E-state index is 12.9. The average Bonchev–Trinajstić information content (AvgIpc) is 3.44. The highest BCUT2D eigenvalue weighted by molar-refractivity contribution is 7.88. The molecular formula is C21H22F3NO6S. The topological polar surface area (TPSA) is 93.1 Å². The first-order valence-corrected chi connectivity index (χ1v) is 12.2. The predicted octanol–water partition coefficient (Wildman–Crippen LogP) is 2.05. The fourth-order valence-electron chi connectivity index (χ4n) is 6.48. The van der Waals surface area contributed by atoms with E-state index >= 15 is 0 Å². The Hall–Kier alpha value is -1.85. The molecule has 0 amide bonds. The smallest absolute Gasteiger partial charge is 0.477 e. The molecule has 1 aromatic rings. The van der Waals surface area contributed by atoms with E-state index in [-0.39, 0.29) is 30.4 Å². The van der Waals surface area contributed by atoms with Crippen molar-refractivity contribution in [3.05, 3.63) is 23.3 Å². The number of nitrogens with zero attached hydrogens (tertiary/aromatic N) is 1. The van der Waals surface area contributed by atoms with E-state index in [4.69, 9.17) is 4.74 Å². The van der Waals surface area contributed by atoms with E-state index in [1.165, 1.54) is 0 Å². The molecule has 3 fully saturated rings. The molecule has 11 heteroatoms. The van der Waals surface area contributed by atoms with Crippen LogP contribution < -0.4 is 8.92 Å². The highest BCUT2D eigenvalue weighted by Gasteiger charge is 2.73. The highest BCUT2D eigenvalue weighted by Crippen LogP contribution is 2.65. The number of ketones is 1. The van der Waals surface area contributed by atoms with Crippen LogP contribution in [0.5, 0.6) is 11.5 Å². The summed E-state index contributed by atoms with van der Waals surface area (Å²) in [6.07, 6.45) is 2.43. The maximum absolute atomic E-state index is 12.9. The first kappa shape index (κ1) is 20.7. The molecule has 4 atom stereocenters. The number of Topliss-reactive ketones (excluding diaryl/α,β-unsaturated/α-hetero) is 1. The molecule has 3 aliphatic carbocycles. The zero-order valence-electron chi connectivity index (χ0n) is 17.0. The first-order valence-electron chi connectivity index (χ1n) is 10.8. The van der Waals surface area contributed by atoms with E-state index in [1.807, 2.05) is 0 Å². The molecule has 6 rings (SSSR count). The number of piperidine rings is 1. The lowest BCUT2D eigenvalue weighted by Gasteiger charge is -2.62. The van der Waals surface area contributed by atoms with Gasteiger partial charge in [-0.25, -0.2) is 0 Å². The van der Waals surface area contributed by atoms with Gasteiger partial charge in [-0.05, 0) is 56.2 Å². The second kappa shape index (κ2) is 6.18. The second-order valence-electron chi connectivity index (χ2n) is 9.68. The first-order chi connectivity index (χ1) is 15.0. The number of hydrogen-bond donors (Lipinski definition) is 1. The molecule has 2 saturated carbocycles. The molecule has 1 unspecified atom stereocenters. The molecular weight excluding hydrogens is 451 g/mol. The van der Waals surface area contributed by atoms with Crippen LogP contribution >= 0.6 is 0 Å². The van der Waals surface area contributed by atoms with Crippen molar-refractivity contribution in [3.63, 3.8) is 0 Å². The van der Waals surface area contributed by atoms with Crippen molar-refractivity contribution in [2.75, 3.05) is 13.1 Å². The van der Waals surface area contributed by atoms with Crippen molar-refractivity contribution in [1.29, 1.82) is 0 Å². The van der Waals surface area contributed by atoms with Crippen LogP contribution in [0.1, 0.15) is 43.2 Å². The van der Waals surface area contributed by atoms with E-state index in [0.717, 1.165) is 31.0 Å². The van der Waals surface area contributed by atoms with Crippen molar-refractivity contribution >= 4 is 15.9 Å². The highest BCUT2D eigenvalue weighted by atomic mass is 32.2. The number of ether oxygens (including phenoxy) is 1. The lowest BCUT2D eigenvalue weighted by molar-refractivity contribution is -0.188. The Morgan fingerprint density at radius 2 is 2.00 bits per heavy atom. The van der Waals surface area contributed by atoms with E-state index in [1.54, 1.807) is 6.07 Å². The molecule has 1 spiro atoms. The lowest BCUT2D eigenvalue weighted by Crippen LogP contribution is -2.76. The quantitative estimate of drug-likeness (QED) is 0.529. The summed E-state index contributed by atoms with van der Waals surface area (Å²) >= 11 is 0. The molecule has 7 nitrogen and oxygen atoms in total. The molecule has 1 N–H and O–H groups in total. The zero-order valence-corrected chi connectivity index (χ0v) is 17.8. The largest absolute Gasteiger partial charge is 0.534 e. The molecule has 0 aromatic heterocycles. The van der Waals surface area contributed by atoms with Gasteiger partial charge in [0, 0.05) is 24.6 Å². The number of rotatable bonds is 4. The van der Waals surface area contributed by atoms with Gasteiger partial charge >= 0.3 is 15.6 Å². The molecule has 2 bridgehead atoms. The molecule has 2 aliphatic heterocycles. The monoisotopic (exact) mass is 473 g/mol. The van der Waals surface area contributed by atoms with Crippen LogP contribution in [-0.2, 0) is 26.7 Å². The van der Waals surface area contributed by atoms with Crippen LogP contribution in [0.15, 0.2) is 12.1 Å². The van der Waals surface area contributed by atoms with Crippen LogP contribution in [0.3, 0.4) is 0 Å². The summed E-state index contributed by atoms with van der Waals surface area (Å²) in [5.74, 6) is -0.395. The van der Waals surface area contributed by atoms with Gasteiger partial charge in [-0.15, -0.1) is 0 Å². The Morgan fingerprint density at radius 3 is 2.69 bits per heavy atom. The van der Waals surface area contributed by atoms with E-state index in [9.17, 15) is 31.5 Å². The Labute approximate surface area is 182 Å². The van der Waals surface area contributed by atoms with Crippen molar-refractivity contribution < 1.29 is 40.4 Å². The summed E-state index contributed by atoms with van der Waals surface area (Å²) in [7, 11) is -5.92. The van der Waals surface area contributed by atoms with Crippen molar-refractivity contribution in [2.24, 2.45) is 5.92 Å². The van der Waals surface area contributed by atoms with Gasteiger partial charge in [0.2, 0.25) is 0 Å². The Balaban J connectivity index is 1.50. The summed E-state index contributed by atoms with van der Waals surface area (Å²) < 4.78 is 72.5. The fraction of sp³-hybridized carbons (Fsp3) is 0.667. The van der Waals surface area contributed by atoms with E-state index < -0.39 is 38.5 Å². The van der Waals surface area contributed by atoms with Crippen LogP contribution in [0.25, 0.3) is 0 Å². The third-order valence-corrected chi connectivity index (χ3v) is 8.99. The molecule has 174 valence electrons. The van der Waals surface area contributed by atoms with Gasteiger partial charge in [0.15, 0.2) is 23.4 Å². The maximum Gasteiger partial charge on any atom is 0.534 e. The SMILES string of the molecule is O=C1CC[C@@]2(O)[C@H]3Cc4ccc(OS(=O)(=O)C(F)(F)F)c5c4[C@@]2(CCN3CC2CC2)C1O5. The predicted molar refractivity (Wildman–Crippen MR) is 104 cm³/mol. The number of carbonyl (C=O) groups excluding carboxylic acids is 1. The fourth-order valence-corrected chi connectivity index (χ4v) is 6.95. The van der Waals surface area contributed by atoms with Crippen LogP contribution in [0, 0.1) is 5.92 Å². The minimum absolute atomic E-state index is 0.0943. The molecule has 0 radical (unpaired) electrons. The van der Waals surface area contributed by atoms with Gasteiger partial charge in [0.05, 0.1) is 11.0 Å². The number of halogens is 3. The van der Waals surface area contributed by atoms with Gasteiger partial charge in [0.25, 0.3) is 0 Å². The van der Waals surface area contributed by atoms with Crippen LogP contribution in [-0.4, -0.2) is 60.6 Å². The number of aliphatic hydroxyl groups is 1. The van der Waals surface area contributed by atoms with Gasteiger partial charge in [0.1, 0.15) is 0 Å². The summed E-state index contributed by atoms with van der Waals surface area (Å²) in [5.41, 5.74) is -6.82. The third kappa shape index (κ3) is 2.50. The normalized spacial score (nSPS) is 35.9. The van der Waals surface area contributed by atoms with Gasteiger partial charge in [-0.1, -0.05) is 6.07 Å². The van der Waals surface area contributed by atoms with E-state index in [0.29, 0.717) is 30.9 Å².